The smallest absolute Gasteiger partial charge is 0.338 e. The van der Waals surface area contributed by atoms with E-state index in [0.717, 1.165) is 50.0 Å². The number of cyclic esters (lactones) is 1. The molecule has 33 heavy (non-hydrogen) atoms. The van der Waals surface area contributed by atoms with Gasteiger partial charge >= 0.3 is 5.97 Å². The number of hydrogen-bond donors (Lipinski definition) is 1. The first-order chi connectivity index (χ1) is 16.0. The number of anilines is 1. The monoisotopic (exact) mass is 447 g/mol. The zero-order chi connectivity index (χ0) is 23.4. The van der Waals surface area contributed by atoms with Gasteiger partial charge in [-0.05, 0) is 75.5 Å². The van der Waals surface area contributed by atoms with Crippen LogP contribution in [0.3, 0.4) is 0 Å². The minimum atomic E-state index is -0.227. The highest BCUT2D eigenvalue weighted by molar-refractivity contribution is 5.94. The summed E-state index contributed by atoms with van der Waals surface area (Å²) in [7, 11) is 0. The normalized spacial score (nSPS) is 16.1. The van der Waals surface area contributed by atoms with Crippen LogP contribution in [0.5, 0.6) is 5.75 Å². The largest absolute Gasteiger partial charge is 0.492 e. The standard InChI is InChI=1S/C26H29N3O4/c1-3-32-24-14-21(6-4-20(24)15-27)28-25(30)19-9-12-29(13-10-19)11-8-18-5-7-22-23(17(18)2)16-33-26(22)31/h4-7,14,19H,3,8-13,16H2,1-2H3,(H,28,30). The second-order valence-corrected chi connectivity index (χ2v) is 8.56. The second kappa shape index (κ2) is 10.1. The molecule has 172 valence electrons. The molecule has 1 N–H and O–H groups in total. The first-order valence-corrected chi connectivity index (χ1v) is 11.5. The number of likely N-dealkylation sites (tertiary alicyclic amines) is 1. The summed E-state index contributed by atoms with van der Waals surface area (Å²) in [5.74, 6) is 0.249. The number of piperidine rings is 1. The molecule has 0 unspecified atom stereocenters. The SMILES string of the molecule is CCOc1cc(NC(=O)C2CCN(CCc3ccc4c(c3C)COC4=O)CC2)ccc1C#N. The van der Waals surface area contributed by atoms with Gasteiger partial charge in [-0.15, -0.1) is 0 Å². The van der Waals surface area contributed by atoms with Crippen molar-refractivity contribution in [3.8, 4) is 11.8 Å². The van der Waals surface area contributed by atoms with Crippen LogP contribution >= 0.6 is 0 Å². The highest BCUT2D eigenvalue weighted by atomic mass is 16.5. The molecule has 2 aliphatic heterocycles. The molecule has 4 rings (SSSR count). The van der Waals surface area contributed by atoms with Gasteiger partial charge in [-0.2, -0.15) is 5.26 Å². The molecule has 0 spiro atoms. The van der Waals surface area contributed by atoms with Crippen molar-refractivity contribution >= 4 is 17.6 Å². The number of ether oxygens (including phenoxy) is 2. The van der Waals surface area contributed by atoms with E-state index in [9.17, 15) is 14.9 Å². The number of rotatable bonds is 7. The van der Waals surface area contributed by atoms with Crippen molar-refractivity contribution in [1.29, 1.82) is 5.26 Å². The Bertz CT molecular complexity index is 1100. The molecule has 0 atom stereocenters. The zero-order valence-corrected chi connectivity index (χ0v) is 19.1. The Morgan fingerprint density at radius 3 is 2.79 bits per heavy atom. The number of esters is 1. The summed E-state index contributed by atoms with van der Waals surface area (Å²) in [5, 5.41) is 12.2. The number of benzene rings is 2. The topological polar surface area (TPSA) is 91.7 Å². The summed E-state index contributed by atoms with van der Waals surface area (Å²) in [5.41, 5.74) is 5.22. The molecule has 0 saturated carbocycles. The molecular formula is C26H29N3O4. The molecule has 1 saturated heterocycles. The first-order valence-electron chi connectivity index (χ1n) is 11.5. The van der Waals surface area contributed by atoms with E-state index in [1.54, 1.807) is 18.2 Å². The maximum Gasteiger partial charge on any atom is 0.338 e. The molecule has 7 heteroatoms. The van der Waals surface area contributed by atoms with E-state index in [4.69, 9.17) is 9.47 Å². The lowest BCUT2D eigenvalue weighted by molar-refractivity contribution is -0.121. The van der Waals surface area contributed by atoms with Crippen LogP contribution in [0.4, 0.5) is 5.69 Å². The van der Waals surface area contributed by atoms with E-state index >= 15 is 0 Å². The van der Waals surface area contributed by atoms with Crippen LogP contribution in [0.25, 0.3) is 0 Å². The maximum absolute atomic E-state index is 12.8. The fourth-order valence-electron chi connectivity index (χ4n) is 4.58. The van der Waals surface area contributed by atoms with Crippen LogP contribution in [0.1, 0.15) is 52.4 Å². The number of hydrogen-bond acceptors (Lipinski definition) is 6. The number of nitrogens with zero attached hydrogens (tertiary/aromatic N) is 2. The Morgan fingerprint density at radius 2 is 2.06 bits per heavy atom. The minimum Gasteiger partial charge on any atom is -0.492 e. The van der Waals surface area contributed by atoms with Crippen molar-refractivity contribution in [2.75, 3.05) is 31.6 Å². The molecule has 2 aliphatic rings. The maximum atomic E-state index is 12.8. The fourth-order valence-corrected chi connectivity index (χ4v) is 4.58. The molecule has 2 aromatic carbocycles. The summed E-state index contributed by atoms with van der Waals surface area (Å²) < 4.78 is 10.7. The van der Waals surface area contributed by atoms with Gasteiger partial charge in [-0.3, -0.25) is 4.79 Å². The van der Waals surface area contributed by atoms with Gasteiger partial charge in [-0.1, -0.05) is 6.07 Å². The van der Waals surface area contributed by atoms with Gasteiger partial charge in [0.1, 0.15) is 18.4 Å². The lowest BCUT2D eigenvalue weighted by Crippen LogP contribution is -2.39. The van der Waals surface area contributed by atoms with E-state index in [2.05, 4.69) is 23.2 Å². The number of nitriles is 1. The highest BCUT2D eigenvalue weighted by Gasteiger charge is 2.26. The minimum absolute atomic E-state index is 0.0148. The molecule has 2 aromatic rings. The highest BCUT2D eigenvalue weighted by Crippen LogP contribution is 2.27. The summed E-state index contributed by atoms with van der Waals surface area (Å²) >= 11 is 0. The molecule has 2 heterocycles. The van der Waals surface area contributed by atoms with Crippen molar-refractivity contribution in [3.05, 3.63) is 58.1 Å². The van der Waals surface area contributed by atoms with Gasteiger partial charge < -0.3 is 19.7 Å². The Hall–Kier alpha value is -3.37. The third kappa shape index (κ3) is 5.01. The van der Waals surface area contributed by atoms with Crippen molar-refractivity contribution in [1.82, 2.24) is 4.90 Å². The van der Waals surface area contributed by atoms with Crippen LogP contribution < -0.4 is 10.1 Å². The summed E-state index contributed by atoms with van der Waals surface area (Å²) in [6.07, 6.45) is 2.54. The molecule has 7 nitrogen and oxygen atoms in total. The van der Waals surface area contributed by atoms with E-state index in [0.29, 0.717) is 35.8 Å². The van der Waals surface area contributed by atoms with Gasteiger partial charge in [0.05, 0.1) is 17.7 Å². The lowest BCUT2D eigenvalue weighted by atomic mass is 9.94. The Labute approximate surface area is 194 Å². The fraction of sp³-hybridized carbons (Fsp3) is 0.423. The predicted molar refractivity (Wildman–Crippen MR) is 124 cm³/mol. The third-order valence-corrected chi connectivity index (χ3v) is 6.60. The van der Waals surface area contributed by atoms with Crippen molar-refractivity contribution < 1.29 is 19.1 Å². The van der Waals surface area contributed by atoms with Crippen LogP contribution in [-0.4, -0.2) is 43.0 Å². The van der Waals surface area contributed by atoms with Crippen LogP contribution in [-0.2, 0) is 22.6 Å². The predicted octanol–water partition coefficient (Wildman–Crippen LogP) is 3.83. The summed E-state index contributed by atoms with van der Waals surface area (Å²) in [6, 6.07) is 11.2. The second-order valence-electron chi connectivity index (χ2n) is 8.56. The molecule has 0 bridgehead atoms. The molecule has 0 aliphatic carbocycles. The Kier molecular flexibility index (Phi) is 6.95. The van der Waals surface area contributed by atoms with Gasteiger partial charge in [-0.25, -0.2) is 4.79 Å². The van der Waals surface area contributed by atoms with Crippen molar-refractivity contribution in [2.45, 2.75) is 39.7 Å². The van der Waals surface area contributed by atoms with Crippen molar-refractivity contribution in [3.63, 3.8) is 0 Å². The molecule has 1 amide bonds. The zero-order valence-electron chi connectivity index (χ0n) is 19.1. The molecule has 0 aromatic heterocycles. The number of carbonyl (C=O) groups is 2. The van der Waals surface area contributed by atoms with E-state index < -0.39 is 0 Å². The average molecular weight is 448 g/mol. The molecule has 0 radical (unpaired) electrons. The summed E-state index contributed by atoms with van der Waals surface area (Å²) in [4.78, 5) is 26.9. The van der Waals surface area contributed by atoms with E-state index in [1.807, 2.05) is 19.1 Å². The first kappa shape index (κ1) is 22.8. The van der Waals surface area contributed by atoms with Gasteiger partial charge in [0.2, 0.25) is 5.91 Å². The Balaban J connectivity index is 1.28. The number of fused-ring (bicyclic) bond motifs is 1. The van der Waals surface area contributed by atoms with Crippen LogP contribution in [0.2, 0.25) is 0 Å². The number of nitrogens with one attached hydrogen (secondary N) is 1. The number of carbonyl (C=O) groups excluding carboxylic acids is 2. The third-order valence-electron chi connectivity index (χ3n) is 6.60. The van der Waals surface area contributed by atoms with E-state index in [-0.39, 0.29) is 17.8 Å². The lowest BCUT2D eigenvalue weighted by Gasteiger charge is -2.31. The van der Waals surface area contributed by atoms with Crippen LogP contribution in [0, 0.1) is 24.2 Å². The van der Waals surface area contributed by atoms with Gasteiger partial charge in [0.25, 0.3) is 0 Å². The average Bonchev–Trinajstić information content (AvgIpc) is 3.21. The van der Waals surface area contributed by atoms with Gasteiger partial charge in [0.15, 0.2) is 0 Å². The van der Waals surface area contributed by atoms with Crippen LogP contribution in [0.15, 0.2) is 30.3 Å². The quantitative estimate of drug-likeness (QED) is 0.649. The molecule has 1 fully saturated rings. The number of amides is 1. The Morgan fingerprint density at radius 1 is 1.27 bits per heavy atom. The van der Waals surface area contributed by atoms with Crippen molar-refractivity contribution in [2.24, 2.45) is 5.92 Å². The van der Waals surface area contributed by atoms with Gasteiger partial charge in [0, 0.05) is 29.8 Å². The van der Waals surface area contributed by atoms with E-state index in [1.165, 1.54) is 5.56 Å². The molecular weight excluding hydrogens is 418 g/mol. The summed E-state index contributed by atoms with van der Waals surface area (Å²) in [6.45, 7) is 7.44.